The van der Waals surface area contributed by atoms with Crippen LogP contribution in [-0.2, 0) is 14.3 Å². The molecule has 0 spiro atoms. The average Bonchev–Trinajstić information content (AvgIpc) is 3.27. The number of anilines is 1. The topological polar surface area (TPSA) is 86.1 Å². The van der Waals surface area contributed by atoms with Gasteiger partial charge in [0.1, 0.15) is 12.7 Å². The SMILES string of the molecule is O=C(COC(=O)CC1CCCC1)Nc1cc(Cl)ccc1-n1cncn1. The molecule has 25 heavy (non-hydrogen) atoms. The van der Waals surface area contributed by atoms with E-state index < -0.39 is 5.91 Å². The molecule has 1 amide bonds. The third-order valence-corrected chi connectivity index (χ3v) is 4.43. The fraction of sp³-hybridized carbons (Fsp3) is 0.412. The summed E-state index contributed by atoms with van der Waals surface area (Å²) in [6.07, 6.45) is 7.74. The van der Waals surface area contributed by atoms with Crippen LogP contribution in [0.5, 0.6) is 0 Å². The van der Waals surface area contributed by atoms with Crippen LogP contribution < -0.4 is 5.32 Å². The highest BCUT2D eigenvalue weighted by Crippen LogP contribution is 2.27. The van der Waals surface area contributed by atoms with Gasteiger partial charge >= 0.3 is 5.97 Å². The molecule has 132 valence electrons. The predicted molar refractivity (Wildman–Crippen MR) is 92.5 cm³/mol. The van der Waals surface area contributed by atoms with Gasteiger partial charge in [0, 0.05) is 11.4 Å². The molecule has 1 aliphatic rings. The fourth-order valence-corrected chi connectivity index (χ4v) is 3.15. The van der Waals surface area contributed by atoms with E-state index in [0.717, 1.165) is 25.7 Å². The van der Waals surface area contributed by atoms with Crippen molar-refractivity contribution in [3.05, 3.63) is 35.9 Å². The molecule has 0 radical (unpaired) electrons. The van der Waals surface area contributed by atoms with Gasteiger partial charge in [0.25, 0.3) is 5.91 Å². The lowest BCUT2D eigenvalue weighted by atomic mass is 10.1. The zero-order valence-corrected chi connectivity index (χ0v) is 14.4. The summed E-state index contributed by atoms with van der Waals surface area (Å²) >= 11 is 6.00. The van der Waals surface area contributed by atoms with E-state index in [9.17, 15) is 9.59 Å². The van der Waals surface area contributed by atoms with E-state index in [1.54, 1.807) is 18.2 Å². The molecule has 1 fully saturated rings. The van der Waals surface area contributed by atoms with Crippen LogP contribution in [0.25, 0.3) is 5.69 Å². The number of hydrogen-bond acceptors (Lipinski definition) is 5. The first-order valence-electron chi connectivity index (χ1n) is 8.22. The Balaban J connectivity index is 1.57. The van der Waals surface area contributed by atoms with Crippen molar-refractivity contribution in [2.75, 3.05) is 11.9 Å². The molecule has 2 aromatic rings. The van der Waals surface area contributed by atoms with Crippen LogP contribution in [0.3, 0.4) is 0 Å². The van der Waals surface area contributed by atoms with Gasteiger partial charge in [-0.05, 0) is 37.0 Å². The summed E-state index contributed by atoms with van der Waals surface area (Å²) in [7, 11) is 0. The van der Waals surface area contributed by atoms with Crippen molar-refractivity contribution in [3.63, 3.8) is 0 Å². The van der Waals surface area contributed by atoms with E-state index in [-0.39, 0.29) is 12.6 Å². The largest absolute Gasteiger partial charge is 0.456 e. The second-order valence-corrected chi connectivity index (χ2v) is 6.50. The first-order chi connectivity index (χ1) is 12.1. The Hall–Kier alpha value is -2.41. The third kappa shape index (κ3) is 4.79. The van der Waals surface area contributed by atoms with E-state index in [0.29, 0.717) is 28.7 Å². The number of carbonyl (C=O) groups excluding carboxylic acids is 2. The smallest absolute Gasteiger partial charge is 0.306 e. The minimum Gasteiger partial charge on any atom is -0.456 e. The Morgan fingerprint density at radius 2 is 2.12 bits per heavy atom. The van der Waals surface area contributed by atoms with Crippen LogP contribution in [0.2, 0.25) is 5.02 Å². The minimum atomic E-state index is -0.427. The lowest BCUT2D eigenvalue weighted by Crippen LogP contribution is -2.22. The Morgan fingerprint density at radius 3 is 2.84 bits per heavy atom. The van der Waals surface area contributed by atoms with Crippen LogP contribution in [0.4, 0.5) is 5.69 Å². The monoisotopic (exact) mass is 362 g/mol. The maximum absolute atomic E-state index is 12.1. The molecule has 0 aliphatic heterocycles. The molecule has 7 nitrogen and oxygen atoms in total. The molecule has 3 rings (SSSR count). The van der Waals surface area contributed by atoms with Crippen LogP contribution in [0.1, 0.15) is 32.1 Å². The lowest BCUT2D eigenvalue weighted by Gasteiger charge is -2.12. The van der Waals surface area contributed by atoms with Gasteiger partial charge in [0.2, 0.25) is 0 Å². The maximum Gasteiger partial charge on any atom is 0.306 e. The quantitative estimate of drug-likeness (QED) is 0.798. The number of rotatable bonds is 6. The zero-order chi connectivity index (χ0) is 17.6. The lowest BCUT2D eigenvalue weighted by molar-refractivity contribution is -0.148. The molecule has 1 saturated carbocycles. The second kappa shape index (κ2) is 8.11. The van der Waals surface area contributed by atoms with E-state index >= 15 is 0 Å². The van der Waals surface area contributed by atoms with Crippen molar-refractivity contribution in [3.8, 4) is 5.69 Å². The molecule has 1 heterocycles. The molecule has 0 saturated heterocycles. The Morgan fingerprint density at radius 1 is 1.32 bits per heavy atom. The van der Waals surface area contributed by atoms with Crippen molar-refractivity contribution in [2.45, 2.75) is 32.1 Å². The van der Waals surface area contributed by atoms with Gasteiger partial charge in [-0.15, -0.1) is 0 Å². The second-order valence-electron chi connectivity index (χ2n) is 6.06. The number of nitrogens with zero attached hydrogens (tertiary/aromatic N) is 3. The van der Waals surface area contributed by atoms with E-state index in [1.807, 2.05) is 0 Å². The number of esters is 1. The van der Waals surface area contributed by atoms with Crippen molar-refractivity contribution >= 4 is 29.2 Å². The first-order valence-corrected chi connectivity index (χ1v) is 8.59. The number of hydrogen-bond donors (Lipinski definition) is 1. The summed E-state index contributed by atoms with van der Waals surface area (Å²) < 4.78 is 6.59. The normalized spacial score (nSPS) is 14.4. The van der Waals surface area contributed by atoms with Crippen LogP contribution >= 0.6 is 11.6 Å². The van der Waals surface area contributed by atoms with Gasteiger partial charge in [-0.25, -0.2) is 9.67 Å². The molecule has 0 bridgehead atoms. The molecule has 1 aromatic carbocycles. The molecule has 1 aromatic heterocycles. The van der Waals surface area contributed by atoms with Gasteiger partial charge in [0.05, 0.1) is 11.4 Å². The number of benzene rings is 1. The molecule has 0 atom stereocenters. The maximum atomic E-state index is 12.1. The highest BCUT2D eigenvalue weighted by Gasteiger charge is 2.20. The van der Waals surface area contributed by atoms with Gasteiger partial charge in [-0.3, -0.25) is 9.59 Å². The van der Waals surface area contributed by atoms with Gasteiger partial charge in [-0.1, -0.05) is 24.4 Å². The summed E-state index contributed by atoms with van der Waals surface area (Å²) in [5, 5.41) is 7.21. The number of nitrogens with one attached hydrogen (secondary N) is 1. The Bertz CT molecular complexity index is 742. The van der Waals surface area contributed by atoms with Crippen LogP contribution in [0, 0.1) is 5.92 Å². The van der Waals surface area contributed by atoms with Gasteiger partial charge in [-0.2, -0.15) is 5.10 Å². The van der Waals surface area contributed by atoms with Crippen molar-refractivity contribution < 1.29 is 14.3 Å². The minimum absolute atomic E-state index is 0.325. The Kier molecular flexibility index (Phi) is 5.65. The number of aromatic nitrogens is 3. The first kappa shape index (κ1) is 17.4. The number of halogens is 1. The van der Waals surface area contributed by atoms with E-state index in [4.69, 9.17) is 16.3 Å². The molecular formula is C17H19ClN4O3. The average molecular weight is 363 g/mol. The Labute approximate surface area is 150 Å². The highest BCUT2D eigenvalue weighted by molar-refractivity contribution is 6.31. The summed E-state index contributed by atoms with van der Waals surface area (Å²) in [4.78, 5) is 27.8. The number of amides is 1. The fourth-order valence-electron chi connectivity index (χ4n) is 2.98. The predicted octanol–water partition coefficient (Wildman–Crippen LogP) is 2.98. The molecular weight excluding hydrogens is 344 g/mol. The van der Waals surface area contributed by atoms with Crippen molar-refractivity contribution in [1.82, 2.24) is 14.8 Å². The van der Waals surface area contributed by atoms with Crippen molar-refractivity contribution in [2.24, 2.45) is 5.92 Å². The van der Waals surface area contributed by atoms with Crippen molar-refractivity contribution in [1.29, 1.82) is 0 Å². The summed E-state index contributed by atoms with van der Waals surface area (Å²) in [6, 6.07) is 5.02. The number of ether oxygens (including phenoxy) is 1. The molecule has 8 heteroatoms. The van der Waals surface area contributed by atoms with Crippen LogP contribution in [-0.4, -0.2) is 33.2 Å². The van der Waals surface area contributed by atoms with Gasteiger partial charge in [0.15, 0.2) is 6.61 Å². The molecule has 0 unspecified atom stereocenters. The standard InChI is InChI=1S/C17H19ClN4O3/c18-13-5-6-15(22-11-19-10-20-22)14(8-13)21-16(23)9-25-17(24)7-12-3-1-2-4-12/h5-6,8,10-12H,1-4,7,9H2,(H,21,23). The zero-order valence-electron chi connectivity index (χ0n) is 13.7. The molecule has 1 aliphatic carbocycles. The van der Waals surface area contributed by atoms with E-state index in [1.165, 1.54) is 17.3 Å². The van der Waals surface area contributed by atoms with Gasteiger partial charge < -0.3 is 10.1 Å². The van der Waals surface area contributed by atoms with Crippen LogP contribution in [0.15, 0.2) is 30.9 Å². The summed E-state index contributed by atoms with van der Waals surface area (Å²) in [5.74, 6) is -0.365. The number of carbonyl (C=O) groups is 2. The highest BCUT2D eigenvalue weighted by atomic mass is 35.5. The summed E-state index contributed by atoms with van der Waals surface area (Å²) in [5.41, 5.74) is 1.09. The third-order valence-electron chi connectivity index (χ3n) is 4.19. The summed E-state index contributed by atoms with van der Waals surface area (Å²) in [6.45, 7) is -0.325. The molecule has 1 N–H and O–H groups in total. The van der Waals surface area contributed by atoms with E-state index in [2.05, 4.69) is 15.4 Å².